The van der Waals surface area contributed by atoms with E-state index < -0.39 is 0 Å². The number of carbonyl (C=O) groups is 1. The molecule has 0 spiro atoms. The van der Waals surface area contributed by atoms with E-state index in [-0.39, 0.29) is 40.7 Å². The summed E-state index contributed by atoms with van der Waals surface area (Å²) in [5, 5.41) is 7.04. The zero-order valence-electron chi connectivity index (χ0n) is 17.5. The Kier molecular flexibility index (Phi) is 7.44. The SMILES string of the molecule is CCNC(=NCC1(C(=O)N(C)C)CCCC1)NC1C2CCOC2C1(C)C.I. The summed E-state index contributed by atoms with van der Waals surface area (Å²) >= 11 is 0. The molecule has 3 atom stereocenters. The highest BCUT2D eigenvalue weighted by molar-refractivity contribution is 14.0. The fraction of sp³-hybridized carbons (Fsp3) is 0.900. The van der Waals surface area contributed by atoms with Gasteiger partial charge in [-0.1, -0.05) is 26.7 Å². The molecule has 0 bridgehead atoms. The number of guanidine groups is 1. The summed E-state index contributed by atoms with van der Waals surface area (Å²) in [5.74, 6) is 1.63. The van der Waals surface area contributed by atoms with Crippen molar-refractivity contribution in [2.24, 2.45) is 21.7 Å². The van der Waals surface area contributed by atoms with Crippen LogP contribution in [0.3, 0.4) is 0 Å². The highest BCUT2D eigenvalue weighted by Gasteiger charge is 2.59. The van der Waals surface area contributed by atoms with Crippen molar-refractivity contribution in [3.8, 4) is 0 Å². The Morgan fingerprint density at radius 1 is 1.26 bits per heavy atom. The lowest BCUT2D eigenvalue weighted by atomic mass is 9.57. The topological polar surface area (TPSA) is 66.0 Å². The summed E-state index contributed by atoms with van der Waals surface area (Å²) in [6.45, 7) is 8.88. The number of ether oxygens (including phenoxy) is 1. The number of hydrogen-bond donors (Lipinski definition) is 2. The number of nitrogens with one attached hydrogen (secondary N) is 2. The van der Waals surface area contributed by atoms with E-state index in [1.54, 1.807) is 4.90 Å². The van der Waals surface area contributed by atoms with Gasteiger partial charge in [-0.15, -0.1) is 24.0 Å². The van der Waals surface area contributed by atoms with Gasteiger partial charge in [0, 0.05) is 44.6 Å². The Balaban J connectivity index is 0.00000261. The molecule has 2 saturated carbocycles. The molecule has 3 unspecified atom stereocenters. The second-order valence-corrected chi connectivity index (χ2v) is 9.07. The van der Waals surface area contributed by atoms with E-state index in [0.29, 0.717) is 24.6 Å². The summed E-state index contributed by atoms with van der Waals surface area (Å²) in [7, 11) is 3.71. The number of hydrogen-bond acceptors (Lipinski definition) is 3. The molecule has 0 aromatic heterocycles. The van der Waals surface area contributed by atoms with Crippen LogP contribution < -0.4 is 10.6 Å². The average molecular weight is 492 g/mol. The monoisotopic (exact) mass is 492 g/mol. The first-order chi connectivity index (χ1) is 12.3. The minimum absolute atomic E-state index is 0. The van der Waals surface area contributed by atoms with Gasteiger partial charge in [-0.25, -0.2) is 0 Å². The number of nitrogens with zero attached hydrogens (tertiary/aromatic N) is 2. The zero-order chi connectivity index (χ0) is 18.9. The number of amides is 1. The quantitative estimate of drug-likeness (QED) is 0.352. The van der Waals surface area contributed by atoms with Gasteiger partial charge in [0.05, 0.1) is 18.1 Å². The molecule has 6 nitrogen and oxygen atoms in total. The van der Waals surface area contributed by atoms with Crippen LogP contribution in [-0.4, -0.2) is 62.7 Å². The Morgan fingerprint density at radius 2 is 1.93 bits per heavy atom. The third-order valence-electron chi connectivity index (χ3n) is 6.70. The van der Waals surface area contributed by atoms with Crippen LogP contribution in [0.25, 0.3) is 0 Å². The Morgan fingerprint density at radius 3 is 2.52 bits per heavy atom. The summed E-state index contributed by atoms with van der Waals surface area (Å²) in [6.07, 6.45) is 5.61. The minimum atomic E-state index is -0.319. The van der Waals surface area contributed by atoms with Crippen molar-refractivity contribution in [1.82, 2.24) is 15.5 Å². The summed E-state index contributed by atoms with van der Waals surface area (Å²) < 4.78 is 5.90. The molecule has 2 N–H and O–H groups in total. The molecule has 0 radical (unpaired) electrons. The first kappa shape index (κ1) is 22.7. The molecule has 1 heterocycles. The van der Waals surface area contributed by atoms with Crippen molar-refractivity contribution in [2.45, 2.75) is 65.0 Å². The van der Waals surface area contributed by atoms with Gasteiger partial charge in [-0.3, -0.25) is 9.79 Å². The highest BCUT2D eigenvalue weighted by Crippen LogP contribution is 2.52. The van der Waals surface area contributed by atoms with E-state index in [2.05, 4.69) is 31.4 Å². The molecular formula is C20H37IN4O2. The van der Waals surface area contributed by atoms with E-state index in [4.69, 9.17) is 9.73 Å². The number of carbonyl (C=O) groups excluding carboxylic acids is 1. The van der Waals surface area contributed by atoms with Crippen LogP contribution in [0.1, 0.15) is 52.9 Å². The largest absolute Gasteiger partial charge is 0.377 e. The predicted molar refractivity (Wildman–Crippen MR) is 120 cm³/mol. The number of halogens is 1. The fourth-order valence-electron chi connectivity index (χ4n) is 5.28. The molecular weight excluding hydrogens is 455 g/mol. The number of aliphatic imine (C=N–C) groups is 1. The van der Waals surface area contributed by atoms with Crippen LogP contribution in [0.15, 0.2) is 4.99 Å². The zero-order valence-corrected chi connectivity index (χ0v) is 19.8. The van der Waals surface area contributed by atoms with Crippen LogP contribution >= 0.6 is 24.0 Å². The maximum Gasteiger partial charge on any atom is 0.230 e. The van der Waals surface area contributed by atoms with Crippen molar-refractivity contribution in [3.63, 3.8) is 0 Å². The Bertz CT molecular complexity index is 558. The molecule has 7 heteroatoms. The maximum atomic E-state index is 12.8. The number of fused-ring (bicyclic) bond motifs is 1. The van der Waals surface area contributed by atoms with Gasteiger partial charge in [0.15, 0.2) is 5.96 Å². The molecule has 0 aromatic rings. The van der Waals surface area contributed by atoms with Gasteiger partial charge in [0.2, 0.25) is 5.91 Å². The molecule has 1 amide bonds. The van der Waals surface area contributed by atoms with Crippen LogP contribution in [-0.2, 0) is 9.53 Å². The first-order valence-corrected chi connectivity index (χ1v) is 10.2. The normalized spacial score (nSPS) is 30.7. The Hall–Kier alpha value is -0.570. The summed E-state index contributed by atoms with van der Waals surface area (Å²) in [5.41, 5.74) is -0.207. The minimum Gasteiger partial charge on any atom is -0.377 e. The third kappa shape index (κ3) is 4.23. The first-order valence-electron chi connectivity index (χ1n) is 10.2. The second-order valence-electron chi connectivity index (χ2n) is 9.07. The lowest BCUT2D eigenvalue weighted by Gasteiger charge is -2.55. The van der Waals surface area contributed by atoms with Gasteiger partial charge in [-0.2, -0.15) is 0 Å². The third-order valence-corrected chi connectivity index (χ3v) is 6.70. The molecule has 0 aromatic carbocycles. The molecule has 2 aliphatic carbocycles. The van der Waals surface area contributed by atoms with Crippen LogP contribution in [0.2, 0.25) is 0 Å². The lowest BCUT2D eigenvalue weighted by Crippen LogP contribution is -2.68. The van der Waals surface area contributed by atoms with E-state index in [0.717, 1.165) is 51.2 Å². The van der Waals surface area contributed by atoms with Gasteiger partial charge < -0.3 is 20.3 Å². The van der Waals surface area contributed by atoms with Gasteiger partial charge in [-0.05, 0) is 26.2 Å². The van der Waals surface area contributed by atoms with E-state index in [1.165, 1.54) is 0 Å². The van der Waals surface area contributed by atoms with Crippen LogP contribution in [0.4, 0.5) is 0 Å². The van der Waals surface area contributed by atoms with Crippen molar-refractivity contribution >= 4 is 35.8 Å². The summed E-state index contributed by atoms with van der Waals surface area (Å²) in [6, 6.07) is 0.372. The molecule has 3 rings (SSSR count). The van der Waals surface area contributed by atoms with Crippen LogP contribution in [0, 0.1) is 16.7 Å². The Labute approximate surface area is 181 Å². The molecule has 3 aliphatic rings. The van der Waals surface area contributed by atoms with E-state index in [1.807, 2.05) is 14.1 Å². The number of rotatable bonds is 5. The standard InChI is InChI=1S/C20H36N4O2.HI/c1-6-21-18(23-15-14-9-12-26-16(14)19(15,2)3)22-13-20(10-7-8-11-20)17(25)24(4)5;/h14-16H,6-13H2,1-5H3,(H2,21,22,23);1H. The van der Waals surface area contributed by atoms with Crippen molar-refractivity contribution < 1.29 is 9.53 Å². The molecule has 3 fully saturated rings. The van der Waals surface area contributed by atoms with Crippen molar-refractivity contribution in [1.29, 1.82) is 0 Å². The fourth-order valence-corrected chi connectivity index (χ4v) is 5.28. The average Bonchev–Trinajstić information content (AvgIpc) is 3.25. The van der Waals surface area contributed by atoms with E-state index in [9.17, 15) is 4.79 Å². The maximum absolute atomic E-state index is 12.8. The predicted octanol–water partition coefficient (Wildman–Crippen LogP) is 2.62. The highest BCUT2D eigenvalue weighted by atomic mass is 127. The van der Waals surface area contributed by atoms with Crippen molar-refractivity contribution in [3.05, 3.63) is 0 Å². The van der Waals surface area contributed by atoms with E-state index >= 15 is 0 Å². The van der Waals surface area contributed by atoms with Crippen LogP contribution in [0.5, 0.6) is 0 Å². The van der Waals surface area contributed by atoms with Gasteiger partial charge in [0.25, 0.3) is 0 Å². The molecule has 1 saturated heterocycles. The van der Waals surface area contributed by atoms with Crippen molar-refractivity contribution in [2.75, 3.05) is 33.8 Å². The van der Waals surface area contributed by atoms with Gasteiger partial charge in [0.1, 0.15) is 0 Å². The smallest absolute Gasteiger partial charge is 0.230 e. The molecule has 1 aliphatic heterocycles. The molecule has 156 valence electrons. The second kappa shape index (κ2) is 8.84. The molecule has 27 heavy (non-hydrogen) atoms. The summed E-state index contributed by atoms with van der Waals surface area (Å²) in [4.78, 5) is 19.4. The lowest BCUT2D eigenvalue weighted by molar-refractivity contribution is -0.138. The van der Waals surface area contributed by atoms with Gasteiger partial charge >= 0.3 is 0 Å².